The lowest BCUT2D eigenvalue weighted by Gasteiger charge is -2.37. The van der Waals surface area contributed by atoms with Crippen LogP contribution in [0.1, 0.15) is 24.8 Å². The van der Waals surface area contributed by atoms with Crippen molar-refractivity contribution >= 4 is 11.3 Å². The van der Waals surface area contributed by atoms with Gasteiger partial charge in [-0.2, -0.15) is 11.3 Å². The van der Waals surface area contributed by atoms with Gasteiger partial charge in [0.15, 0.2) is 0 Å². The average molecular weight is 292 g/mol. The van der Waals surface area contributed by atoms with Crippen LogP contribution in [0.25, 0.3) is 0 Å². The Balaban J connectivity index is 1.28. The zero-order chi connectivity index (χ0) is 13.4. The van der Waals surface area contributed by atoms with Crippen LogP contribution in [0.3, 0.4) is 0 Å². The van der Waals surface area contributed by atoms with E-state index in [0.717, 1.165) is 25.1 Å². The minimum Gasteiger partial charge on any atom is -0.377 e. The number of hydrogen-bond acceptors (Lipinski definition) is 4. The van der Waals surface area contributed by atoms with Gasteiger partial charge in [0.1, 0.15) is 0 Å². The van der Waals surface area contributed by atoms with E-state index in [1.165, 1.54) is 51.0 Å². The highest BCUT2D eigenvalue weighted by Crippen LogP contribution is 2.31. The fraction of sp³-hybridized carbons (Fsp3) is 0.750. The van der Waals surface area contributed by atoms with Crippen molar-refractivity contribution in [2.24, 2.45) is 5.92 Å². The summed E-state index contributed by atoms with van der Waals surface area (Å²) >= 11 is 1.81. The number of thiophene rings is 1. The van der Waals surface area contributed by atoms with E-state index >= 15 is 0 Å². The standard InChI is InChI=1S/C16H24N2OS/c1-2-13(1)11-19-16-7-15-9-17(4-5-18(15)10-16)8-14-3-6-20-12-14/h3,6,12-13,15-16H,1-2,4-5,7-11H2/t15-,16-/m0/s1. The molecule has 1 aromatic heterocycles. The van der Waals surface area contributed by atoms with E-state index in [9.17, 15) is 0 Å². The molecule has 0 unspecified atom stereocenters. The minimum absolute atomic E-state index is 0.502. The Bertz CT molecular complexity index is 432. The van der Waals surface area contributed by atoms with Crippen molar-refractivity contribution in [3.63, 3.8) is 0 Å². The summed E-state index contributed by atoms with van der Waals surface area (Å²) in [6.07, 6.45) is 4.54. The molecular formula is C16H24N2OS. The molecule has 1 saturated carbocycles. The molecule has 2 atom stereocenters. The van der Waals surface area contributed by atoms with Gasteiger partial charge in [0.25, 0.3) is 0 Å². The first-order chi connectivity index (χ1) is 9.87. The van der Waals surface area contributed by atoms with Crippen LogP contribution in [0.4, 0.5) is 0 Å². The highest BCUT2D eigenvalue weighted by molar-refractivity contribution is 7.07. The van der Waals surface area contributed by atoms with E-state index in [4.69, 9.17) is 4.74 Å². The van der Waals surface area contributed by atoms with E-state index < -0.39 is 0 Å². The summed E-state index contributed by atoms with van der Waals surface area (Å²) in [5.41, 5.74) is 1.47. The van der Waals surface area contributed by atoms with Crippen LogP contribution < -0.4 is 0 Å². The molecule has 4 heteroatoms. The molecule has 0 bridgehead atoms. The van der Waals surface area contributed by atoms with Crippen LogP contribution in [0.2, 0.25) is 0 Å². The Morgan fingerprint density at radius 3 is 3.00 bits per heavy atom. The van der Waals surface area contributed by atoms with Gasteiger partial charge in [0.05, 0.1) is 6.10 Å². The Kier molecular flexibility index (Phi) is 3.82. The van der Waals surface area contributed by atoms with Crippen molar-refractivity contribution in [2.75, 3.05) is 32.8 Å². The van der Waals surface area contributed by atoms with Gasteiger partial charge in [0, 0.05) is 45.4 Å². The molecule has 2 saturated heterocycles. The van der Waals surface area contributed by atoms with Gasteiger partial charge in [-0.05, 0) is 47.6 Å². The topological polar surface area (TPSA) is 15.7 Å². The number of fused-ring (bicyclic) bond motifs is 1. The number of rotatable bonds is 5. The smallest absolute Gasteiger partial charge is 0.0717 e. The van der Waals surface area contributed by atoms with E-state index in [1.54, 1.807) is 11.3 Å². The molecule has 1 aromatic rings. The monoisotopic (exact) mass is 292 g/mol. The van der Waals surface area contributed by atoms with Gasteiger partial charge >= 0.3 is 0 Å². The quantitative estimate of drug-likeness (QED) is 0.829. The van der Waals surface area contributed by atoms with Crippen molar-refractivity contribution in [3.05, 3.63) is 22.4 Å². The first-order valence-electron chi connectivity index (χ1n) is 7.96. The molecule has 0 aromatic carbocycles. The van der Waals surface area contributed by atoms with Crippen molar-refractivity contribution in [1.82, 2.24) is 9.80 Å². The van der Waals surface area contributed by atoms with Crippen LogP contribution in [-0.4, -0.2) is 54.7 Å². The highest BCUT2D eigenvalue weighted by Gasteiger charge is 2.37. The zero-order valence-electron chi connectivity index (χ0n) is 12.0. The molecule has 1 aliphatic carbocycles. The molecule has 110 valence electrons. The Morgan fingerprint density at radius 2 is 2.20 bits per heavy atom. The fourth-order valence-corrected chi connectivity index (χ4v) is 4.18. The summed E-state index contributed by atoms with van der Waals surface area (Å²) in [4.78, 5) is 5.27. The van der Waals surface area contributed by atoms with Crippen LogP contribution in [-0.2, 0) is 11.3 Å². The summed E-state index contributed by atoms with van der Waals surface area (Å²) in [6, 6.07) is 2.99. The molecule has 3 fully saturated rings. The highest BCUT2D eigenvalue weighted by atomic mass is 32.1. The van der Waals surface area contributed by atoms with E-state index in [1.807, 2.05) is 0 Å². The second kappa shape index (κ2) is 5.76. The van der Waals surface area contributed by atoms with Gasteiger partial charge in [-0.25, -0.2) is 0 Å². The van der Waals surface area contributed by atoms with Gasteiger partial charge in [-0.1, -0.05) is 0 Å². The van der Waals surface area contributed by atoms with E-state index in [2.05, 4.69) is 26.6 Å². The van der Waals surface area contributed by atoms with Crippen molar-refractivity contribution in [2.45, 2.75) is 38.0 Å². The Labute approximate surface area is 125 Å². The summed E-state index contributed by atoms with van der Waals surface area (Å²) in [5, 5.41) is 4.46. The molecule has 3 heterocycles. The maximum Gasteiger partial charge on any atom is 0.0717 e. The molecular weight excluding hydrogens is 268 g/mol. The second-order valence-corrected chi connectivity index (χ2v) is 7.43. The average Bonchev–Trinajstić information content (AvgIpc) is 2.97. The lowest BCUT2D eigenvalue weighted by molar-refractivity contribution is 0.0508. The molecule has 0 amide bonds. The lowest BCUT2D eigenvalue weighted by Crippen LogP contribution is -2.49. The molecule has 0 radical (unpaired) electrons. The zero-order valence-corrected chi connectivity index (χ0v) is 12.9. The predicted octanol–water partition coefficient (Wildman–Crippen LogP) is 2.43. The van der Waals surface area contributed by atoms with E-state index in [-0.39, 0.29) is 0 Å². The van der Waals surface area contributed by atoms with Crippen LogP contribution in [0.15, 0.2) is 16.8 Å². The minimum atomic E-state index is 0.502. The normalized spacial score (nSPS) is 31.6. The Hall–Kier alpha value is -0.420. The lowest BCUT2D eigenvalue weighted by atomic mass is 10.1. The Morgan fingerprint density at radius 1 is 1.25 bits per heavy atom. The van der Waals surface area contributed by atoms with Gasteiger partial charge < -0.3 is 4.74 Å². The number of ether oxygens (including phenoxy) is 1. The molecule has 3 aliphatic rings. The predicted molar refractivity (Wildman–Crippen MR) is 82.0 cm³/mol. The molecule has 0 N–H and O–H groups in total. The molecule has 4 rings (SSSR count). The third-order valence-electron chi connectivity index (χ3n) is 4.91. The number of nitrogens with zero attached hydrogens (tertiary/aromatic N) is 2. The molecule has 20 heavy (non-hydrogen) atoms. The van der Waals surface area contributed by atoms with Gasteiger partial charge in [-0.3, -0.25) is 9.80 Å². The molecule has 0 spiro atoms. The number of piperazine rings is 1. The molecule has 3 nitrogen and oxygen atoms in total. The first-order valence-corrected chi connectivity index (χ1v) is 8.90. The van der Waals surface area contributed by atoms with Crippen molar-refractivity contribution in [1.29, 1.82) is 0 Å². The van der Waals surface area contributed by atoms with E-state index in [0.29, 0.717) is 6.10 Å². The van der Waals surface area contributed by atoms with Gasteiger partial charge in [0.2, 0.25) is 0 Å². The largest absolute Gasteiger partial charge is 0.377 e. The SMILES string of the molecule is c1cc(CN2CCN3C[C@@H](OCC4CC4)C[C@H]3C2)cs1. The maximum atomic E-state index is 6.10. The van der Waals surface area contributed by atoms with Gasteiger partial charge in [-0.15, -0.1) is 0 Å². The fourth-order valence-electron chi connectivity index (χ4n) is 3.52. The third kappa shape index (κ3) is 3.08. The summed E-state index contributed by atoms with van der Waals surface area (Å²) < 4.78 is 6.10. The first kappa shape index (κ1) is 13.3. The van der Waals surface area contributed by atoms with Crippen molar-refractivity contribution < 1.29 is 4.74 Å². The van der Waals surface area contributed by atoms with Crippen LogP contribution >= 0.6 is 11.3 Å². The van der Waals surface area contributed by atoms with Crippen LogP contribution in [0.5, 0.6) is 0 Å². The molecule has 2 aliphatic heterocycles. The maximum absolute atomic E-state index is 6.10. The summed E-state index contributed by atoms with van der Waals surface area (Å²) in [6.45, 7) is 6.97. The summed E-state index contributed by atoms with van der Waals surface area (Å²) in [5.74, 6) is 0.891. The van der Waals surface area contributed by atoms with Crippen LogP contribution in [0, 0.1) is 5.92 Å². The second-order valence-electron chi connectivity index (χ2n) is 6.65. The van der Waals surface area contributed by atoms with Crippen molar-refractivity contribution in [3.8, 4) is 0 Å². The number of hydrogen-bond donors (Lipinski definition) is 0. The summed E-state index contributed by atoms with van der Waals surface area (Å²) in [7, 11) is 0. The third-order valence-corrected chi connectivity index (χ3v) is 5.64.